The monoisotopic (exact) mass is 345 g/mol. The van der Waals surface area contributed by atoms with Crippen LogP contribution in [-0.2, 0) is 6.54 Å². The number of nitrogens with one attached hydrogen (secondary N) is 1. The van der Waals surface area contributed by atoms with Gasteiger partial charge < -0.3 is 24.3 Å². The van der Waals surface area contributed by atoms with Crippen LogP contribution >= 0.6 is 0 Å². The molecule has 0 bridgehead atoms. The summed E-state index contributed by atoms with van der Waals surface area (Å²) in [4.78, 5) is 0. The van der Waals surface area contributed by atoms with Crippen LogP contribution in [0, 0.1) is 0 Å². The number of hydrogen-bond acceptors (Lipinski definition) is 5. The molecule has 1 N–H and O–H groups in total. The van der Waals surface area contributed by atoms with E-state index < -0.39 is 0 Å². The van der Waals surface area contributed by atoms with Gasteiger partial charge >= 0.3 is 0 Å². The van der Waals surface area contributed by atoms with Crippen LogP contribution in [0.1, 0.15) is 31.0 Å². The molecule has 2 aromatic carbocycles. The van der Waals surface area contributed by atoms with Gasteiger partial charge in [0, 0.05) is 12.6 Å². The van der Waals surface area contributed by atoms with E-state index in [1.165, 1.54) is 5.56 Å². The zero-order valence-electron chi connectivity index (χ0n) is 15.6. The van der Waals surface area contributed by atoms with Gasteiger partial charge in [-0.3, -0.25) is 0 Å². The second-order valence-corrected chi connectivity index (χ2v) is 5.64. The van der Waals surface area contributed by atoms with Crippen LogP contribution in [0.4, 0.5) is 0 Å². The Morgan fingerprint density at radius 3 is 2.20 bits per heavy atom. The number of hydrogen-bond donors (Lipinski definition) is 1. The Balaban J connectivity index is 2.11. The molecule has 25 heavy (non-hydrogen) atoms. The Morgan fingerprint density at radius 1 is 0.960 bits per heavy atom. The normalized spacial score (nSPS) is 11.7. The van der Waals surface area contributed by atoms with Gasteiger partial charge in [-0.2, -0.15) is 0 Å². The minimum atomic E-state index is 0.180. The lowest BCUT2D eigenvalue weighted by atomic mass is 10.1. The summed E-state index contributed by atoms with van der Waals surface area (Å²) < 4.78 is 21.7. The Labute approximate surface area is 149 Å². The average Bonchev–Trinajstić information content (AvgIpc) is 2.65. The van der Waals surface area contributed by atoms with E-state index in [9.17, 15) is 0 Å². The van der Waals surface area contributed by atoms with Crippen LogP contribution in [0.5, 0.6) is 23.0 Å². The molecule has 2 rings (SSSR count). The molecule has 0 heterocycles. The summed E-state index contributed by atoms with van der Waals surface area (Å²) in [6, 6.07) is 12.2. The standard InChI is InChI=1S/C20H27NO4/c1-6-25-17-9-7-8-16(12-17)14(2)21-13-15-10-18(22-3)20(24-5)19(11-15)23-4/h7-12,14,21H,6,13H2,1-5H3. The average molecular weight is 345 g/mol. The minimum Gasteiger partial charge on any atom is -0.494 e. The third-order valence-electron chi connectivity index (χ3n) is 4.01. The highest BCUT2D eigenvalue weighted by atomic mass is 16.5. The van der Waals surface area contributed by atoms with E-state index >= 15 is 0 Å². The Morgan fingerprint density at radius 2 is 1.64 bits per heavy atom. The lowest BCUT2D eigenvalue weighted by Gasteiger charge is -2.17. The molecule has 0 aliphatic carbocycles. The second kappa shape index (κ2) is 9.18. The smallest absolute Gasteiger partial charge is 0.203 e. The molecule has 0 saturated carbocycles. The molecule has 0 amide bonds. The van der Waals surface area contributed by atoms with Crippen molar-refractivity contribution in [1.82, 2.24) is 5.32 Å². The van der Waals surface area contributed by atoms with Gasteiger partial charge in [0.2, 0.25) is 5.75 Å². The van der Waals surface area contributed by atoms with Gasteiger partial charge in [-0.05, 0) is 49.2 Å². The Hall–Kier alpha value is -2.40. The summed E-state index contributed by atoms with van der Waals surface area (Å²) in [6.45, 7) is 5.45. The van der Waals surface area contributed by atoms with E-state index in [2.05, 4.69) is 24.4 Å². The molecule has 0 fully saturated rings. The van der Waals surface area contributed by atoms with Crippen molar-refractivity contribution in [2.75, 3.05) is 27.9 Å². The molecule has 0 saturated heterocycles. The molecule has 0 spiro atoms. The molecule has 1 atom stereocenters. The van der Waals surface area contributed by atoms with E-state index in [0.29, 0.717) is 30.4 Å². The highest BCUT2D eigenvalue weighted by molar-refractivity contribution is 5.53. The molecule has 0 aromatic heterocycles. The van der Waals surface area contributed by atoms with Crippen molar-refractivity contribution in [3.8, 4) is 23.0 Å². The third kappa shape index (κ3) is 4.79. The summed E-state index contributed by atoms with van der Waals surface area (Å²) in [5.74, 6) is 2.81. The first-order valence-corrected chi connectivity index (χ1v) is 8.37. The van der Waals surface area contributed by atoms with Gasteiger partial charge in [0.05, 0.1) is 27.9 Å². The Kier molecular flexibility index (Phi) is 6.95. The first-order chi connectivity index (χ1) is 12.1. The SMILES string of the molecule is CCOc1cccc(C(C)NCc2cc(OC)c(OC)c(OC)c2)c1. The summed E-state index contributed by atoms with van der Waals surface area (Å²) in [5.41, 5.74) is 2.24. The summed E-state index contributed by atoms with van der Waals surface area (Å²) in [5, 5.41) is 3.52. The fourth-order valence-electron chi connectivity index (χ4n) is 2.67. The van der Waals surface area contributed by atoms with Crippen molar-refractivity contribution < 1.29 is 18.9 Å². The van der Waals surface area contributed by atoms with Crippen molar-refractivity contribution in [3.05, 3.63) is 47.5 Å². The van der Waals surface area contributed by atoms with Crippen LogP contribution in [0.15, 0.2) is 36.4 Å². The summed E-state index contributed by atoms with van der Waals surface area (Å²) in [6.07, 6.45) is 0. The van der Waals surface area contributed by atoms with Gasteiger partial charge in [-0.1, -0.05) is 12.1 Å². The van der Waals surface area contributed by atoms with Crippen molar-refractivity contribution >= 4 is 0 Å². The molecule has 5 heteroatoms. The van der Waals surface area contributed by atoms with Crippen molar-refractivity contribution in [2.24, 2.45) is 0 Å². The van der Waals surface area contributed by atoms with Gasteiger partial charge in [-0.15, -0.1) is 0 Å². The van der Waals surface area contributed by atoms with Crippen LogP contribution < -0.4 is 24.3 Å². The predicted octanol–water partition coefficient (Wildman–Crippen LogP) is 3.96. The number of methoxy groups -OCH3 is 3. The topological polar surface area (TPSA) is 49.0 Å². The van der Waals surface area contributed by atoms with Crippen LogP contribution in [-0.4, -0.2) is 27.9 Å². The van der Waals surface area contributed by atoms with Gasteiger partial charge in [-0.25, -0.2) is 0 Å². The molecule has 0 aliphatic heterocycles. The quantitative estimate of drug-likeness (QED) is 0.745. The highest BCUT2D eigenvalue weighted by Crippen LogP contribution is 2.38. The molecule has 0 radical (unpaired) electrons. The highest BCUT2D eigenvalue weighted by Gasteiger charge is 2.14. The zero-order chi connectivity index (χ0) is 18.2. The van der Waals surface area contributed by atoms with Crippen molar-refractivity contribution in [3.63, 3.8) is 0 Å². The van der Waals surface area contributed by atoms with E-state index in [1.807, 2.05) is 31.2 Å². The molecular weight excluding hydrogens is 318 g/mol. The van der Waals surface area contributed by atoms with E-state index in [4.69, 9.17) is 18.9 Å². The lowest BCUT2D eigenvalue weighted by molar-refractivity contribution is 0.323. The summed E-state index contributed by atoms with van der Waals surface area (Å²) >= 11 is 0. The number of ether oxygens (including phenoxy) is 4. The van der Waals surface area contributed by atoms with E-state index in [1.54, 1.807) is 21.3 Å². The molecule has 0 aliphatic rings. The largest absolute Gasteiger partial charge is 0.494 e. The first-order valence-electron chi connectivity index (χ1n) is 8.37. The third-order valence-corrected chi connectivity index (χ3v) is 4.01. The molecular formula is C20H27NO4. The maximum absolute atomic E-state index is 5.57. The van der Waals surface area contributed by atoms with E-state index in [-0.39, 0.29) is 6.04 Å². The molecule has 2 aromatic rings. The van der Waals surface area contributed by atoms with Crippen LogP contribution in [0.2, 0.25) is 0 Å². The first kappa shape index (κ1) is 18.9. The van der Waals surface area contributed by atoms with Gasteiger partial charge in [0.25, 0.3) is 0 Å². The maximum atomic E-state index is 5.57. The molecule has 136 valence electrons. The minimum absolute atomic E-state index is 0.180. The molecule has 1 unspecified atom stereocenters. The fourth-order valence-corrected chi connectivity index (χ4v) is 2.67. The lowest BCUT2D eigenvalue weighted by Crippen LogP contribution is -2.18. The van der Waals surface area contributed by atoms with Gasteiger partial charge in [0.1, 0.15) is 5.75 Å². The maximum Gasteiger partial charge on any atom is 0.203 e. The van der Waals surface area contributed by atoms with Crippen molar-refractivity contribution in [1.29, 1.82) is 0 Å². The zero-order valence-corrected chi connectivity index (χ0v) is 15.6. The predicted molar refractivity (Wildman–Crippen MR) is 99.0 cm³/mol. The van der Waals surface area contributed by atoms with E-state index in [0.717, 1.165) is 11.3 Å². The Bertz CT molecular complexity index is 662. The van der Waals surface area contributed by atoms with Crippen LogP contribution in [0.3, 0.4) is 0 Å². The van der Waals surface area contributed by atoms with Crippen LogP contribution in [0.25, 0.3) is 0 Å². The fraction of sp³-hybridized carbons (Fsp3) is 0.400. The number of rotatable bonds is 9. The van der Waals surface area contributed by atoms with Crippen molar-refractivity contribution in [2.45, 2.75) is 26.4 Å². The second-order valence-electron chi connectivity index (χ2n) is 5.64. The van der Waals surface area contributed by atoms with Gasteiger partial charge in [0.15, 0.2) is 11.5 Å². The summed E-state index contributed by atoms with van der Waals surface area (Å²) in [7, 11) is 4.85. The number of benzene rings is 2. The molecule has 5 nitrogen and oxygen atoms in total.